The quantitative estimate of drug-likeness (QED) is 0.460. The minimum Gasteiger partial charge on any atom is -0.428 e. The summed E-state index contributed by atoms with van der Waals surface area (Å²) in [6.07, 6.45) is 7.58. The number of carbonyl (C=O) groups is 1. The molecule has 0 spiro atoms. The highest BCUT2D eigenvalue weighted by Gasteiger charge is 2.41. The summed E-state index contributed by atoms with van der Waals surface area (Å²) in [6.45, 7) is 6.44. The number of rotatable bonds is 11. The zero-order valence-electron chi connectivity index (χ0n) is 14.7. The van der Waals surface area contributed by atoms with Crippen LogP contribution >= 0.6 is 0 Å². The highest BCUT2D eigenvalue weighted by molar-refractivity contribution is 5.89. The molecule has 0 amide bonds. The van der Waals surface area contributed by atoms with Crippen molar-refractivity contribution in [3.63, 3.8) is 0 Å². The van der Waals surface area contributed by atoms with Crippen molar-refractivity contribution in [2.24, 2.45) is 17.8 Å². The van der Waals surface area contributed by atoms with Crippen LogP contribution in [0.2, 0.25) is 0 Å². The first kappa shape index (κ1) is 18.7. The second-order valence-electron chi connectivity index (χ2n) is 6.91. The van der Waals surface area contributed by atoms with Crippen LogP contribution in [0.15, 0.2) is 42.7 Å². The lowest BCUT2D eigenvalue weighted by Crippen LogP contribution is -2.07. The molecular weight excluding hydrogens is 300 g/mol. The molecule has 1 N–H and O–H groups in total. The normalized spacial score (nSPS) is 20.4. The molecule has 1 aliphatic rings. The van der Waals surface area contributed by atoms with Crippen LogP contribution < -0.4 is 0 Å². The number of carbonyl (C=O) groups excluding carboxylic acids is 1. The number of esters is 1. The highest BCUT2D eigenvalue weighted by atomic mass is 16.5. The molecule has 1 aromatic carbocycles. The predicted molar refractivity (Wildman–Crippen MR) is 96.5 cm³/mol. The number of ether oxygens (including phenoxy) is 1. The molecule has 3 heteroatoms. The van der Waals surface area contributed by atoms with Gasteiger partial charge in [0.15, 0.2) is 0 Å². The van der Waals surface area contributed by atoms with Gasteiger partial charge in [-0.15, -0.1) is 0 Å². The van der Waals surface area contributed by atoms with Crippen molar-refractivity contribution < 1.29 is 14.6 Å². The van der Waals surface area contributed by atoms with Crippen molar-refractivity contribution in [3.05, 3.63) is 48.2 Å². The number of hydrogen-bond acceptors (Lipinski definition) is 3. The van der Waals surface area contributed by atoms with Gasteiger partial charge in [0.2, 0.25) is 0 Å². The standard InChI is InChI=1S/C21H30O3/c1-3-8-17(20-15-19(20)13-14-22)12-7-9-16(2)24-21(23)18-10-5-4-6-11-18/h4-6,10-11,17,19-20,22H,2-3,7-9,12-15H2,1H3/t17?,19-,20+/m0/s1. The largest absolute Gasteiger partial charge is 0.428 e. The number of aliphatic hydroxyl groups excluding tert-OH is 1. The zero-order chi connectivity index (χ0) is 17.4. The summed E-state index contributed by atoms with van der Waals surface area (Å²) in [6, 6.07) is 9.03. The molecule has 3 atom stereocenters. The number of allylic oxidation sites excluding steroid dienone is 1. The first-order valence-electron chi connectivity index (χ1n) is 9.21. The van der Waals surface area contributed by atoms with Gasteiger partial charge < -0.3 is 9.84 Å². The highest BCUT2D eigenvalue weighted by Crippen LogP contribution is 2.49. The molecule has 0 bridgehead atoms. The maximum absolute atomic E-state index is 12.0. The summed E-state index contributed by atoms with van der Waals surface area (Å²) >= 11 is 0. The summed E-state index contributed by atoms with van der Waals surface area (Å²) in [5.41, 5.74) is 0.562. The van der Waals surface area contributed by atoms with Gasteiger partial charge >= 0.3 is 5.97 Å². The first-order chi connectivity index (χ1) is 11.7. The Bertz CT molecular complexity index is 523. The molecule has 0 heterocycles. The maximum Gasteiger partial charge on any atom is 0.343 e. The molecule has 1 saturated carbocycles. The molecule has 0 saturated heterocycles. The van der Waals surface area contributed by atoms with Crippen LogP contribution in [0.25, 0.3) is 0 Å². The predicted octanol–water partition coefficient (Wildman–Crippen LogP) is 4.96. The second kappa shape index (κ2) is 9.63. The third-order valence-corrected chi connectivity index (χ3v) is 5.02. The van der Waals surface area contributed by atoms with E-state index in [0.717, 1.165) is 43.4 Å². The lowest BCUT2D eigenvalue weighted by atomic mass is 9.90. The third-order valence-electron chi connectivity index (χ3n) is 5.02. The number of aliphatic hydroxyl groups is 1. The van der Waals surface area contributed by atoms with Gasteiger partial charge in [-0.25, -0.2) is 4.79 Å². The molecule has 1 aromatic rings. The van der Waals surface area contributed by atoms with Gasteiger partial charge in [-0.2, -0.15) is 0 Å². The summed E-state index contributed by atoms with van der Waals surface area (Å²) in [5.74, 6) is 2.49. The molecule has 24 heavy (non-hydrogen) atoms. The monoisotopic (exact) mass is 330 g/mol. The number of benzene rings is 1. The van der Waals surface area contributed by atoms with Crippen molar-refractivity contribution in [2.45, 2.75) is 51.9 Å². The minimum atomic E-state index is -0.323. The Morgan fingerprint density at radius 2 is 2.08 bits per heavy atom. The molecule has 1 aliphatic carbocycles. The van der Waals surface area contributed by atoms with E-state index in [2.05, 4.69) is 13.5 Å². The minimum absolute atomic E-state index is 0.312. The van der Waals surface area contributed by atoms with Crippen LogP contribution in [0.1, 0.15) is 62.2 Å². The van der Waals surface area contributed by atoms with Crippen molar-refractivity contribution in [1.29, 1.82) is 0 Å². The summed E-state index contributed by atoms with van der Waals surface area (Å²) < 4.78 is 5.35. The summed E-state index contributed by atoms with van der Waals surface area (Å²) in [7, 11) is 0. The molecule has 0 radical (unpaired) electrons. The Kier molecular flexibility index (Phi) is 7.51. The van der Waals surface area contributed by atoms with Gasteiger partial charge in [-0.1, -0.05) is 44.5 Å². The molecule has 2 rings (SSSR count). The van der Waals surface area contributed by atoms with Crippen LogP contribution in [-0.2, 0) is 4.74 Å². The fourth-order valence-electron chi connectivity index (χ4n) is 3.67. The Balaban J connectivity index is 1.70. The van der Waals surface area contributed by atoms with Crippen LogP contribution in [0.5, 0.6) is 0 Å². The van der Waals surface area contributed by atoms with Crippen molar-refractivity contribution in [1.82, 2.24) is 0 Å². The van der Waals surface area contributed by atoms with Gasteiger partial charge in [0, 0.05) is 13.0 Å². The molecule has 132 valence electrons. The van der Waals surface area contributed by atoms with E-state index in [1.807, 2.05) is 18.2 Å². The molecule has 0 aromatic heterocycles. The van der Waals surface area contributed by atoms with E-state index >= 15 is 0 Å². The lowest BCUT2D eigenvalue weighted by molar-refractivity contribution is 0.0614. The average molecular weight is 330 g/mol. The lowest BCUT2D eigenvalue weighted by Gasteiger charge is -2.16. The zero-order valence-corrected chi connectivity index (χ0v) is 14.7. The van der Waals surface area contributed by atoms with Crippen molar-refractivity contribution in [2.75, 3.05) is 6.61 Å². The Morgan fingerprint density at radius 3 is 2.75 bits per heavy atom. The summed E-state index contributed by atoms with van der Waals surface area (Å²) in [5, 5.41) is 9.07. The second-order valence-corrected chi connectivity index (χ2v) is 6.91. The van der Waals surface area contributed by atoms with Crippen LogP contribution in [0, 0.1) is 17.8 Å². The Hall–Kier alpha value is -1.61. The average Bonchev–Trinajstić information content (AvgIpc) is 3.34. The molecular formula is C21H30O3. The van der Waals surface area contributed by atoms with E-state index in [0.29, 0.717) is 17.9 Å². The molecule has 1 unspecified atom stereocenters. The van der Waals surface area contributed by atoms with Gasteiger partial charge in [-0.05, 0) is 55.6 Å². The smallest absolute Gasteiger partial charge is 0.343 e. The fourth-order valence-corrected chi connectivity index (χ4v) is 3.67. The van der Waals surface area contributed by atoms with Crippen molar-refractivity contribution >= 4 is 5.97 Å². The Labute approximate surface area is 145 Å². The molecule has 1 fully saturated rings. The van der Waals surface area contributed by atoms with Crippen molar-refractivity contribution in [3.8, 4) is 0 Å². The third kappa shape index (κ3) is 5.79. The van der Waals surface area contributed by atoms with Crippen LogP contribution in [-0.4, -0.2) is 17.7 Å². The SMILES string of the molecule is C=C(CCCC(CCC)[C@H]1C[C@@H]1CCO)OC(=O)c1ccccc1. The number of hydrogen-bond donors (Lipinski definition) is 1. The van der Waals surface area contributed by atoms with E-state index in [9.17, 15) is 4.79 Å². The van der Waals surface area contributed by atoms with E-state index in [-0.39, 0.29) is 5.97 Å². The van der Waals surface area contributed by atoms with Crippen LogP contribution in [0.4, 0.5) is 0 Å². The summed E-state index contributed by atoms with van der Waals surface area (Å²) in [4.78, 5) is 12.0. The first-order valence-corrected chi connectivity index (χ1v) is 9.21. The maximum atomic E-state index is 12.0. The molecule has 3 nitrogen and oxygen atoms in total. The van der Waals surface area contributed by atoms with E-state index in [4.69, 9.17) is 9.84 Å². The van der Waals surface area contributed by atoms with E-state index in [1.54, 1.807) is 12.1 Å². The van der Waals surface area contributed by atoms with Crippen LogP contribution in [0.3, 0.4) is 0 Å². The fraction of sp³-hybridized carbons (Fsp3) is 0.571. The van der Waals surface area contributed by atoms with Gasteiger partial charge in [0.05, 0.1) is 5.56 Å². The van der Waals surface area contributed by atoms with Gasteiger partial charge in [-0.3, -0.25) is 0 Å². The van der Waals surface area contributed by atoms with Gasteiger partial charge in [0.1, 0.15) is 5.76 Å². The Morgan fingerprint density at radius 1 is 1.33 bits per heavy atom. The molecule has 0 aliphatic heterocycles. The topological polar surface area (TPSA) is 46.5 Å². The van der Waals surface area contributed by atoms with E-state index in [1.165, 1.54) is 19.3 Å². The van der Waals surface area contributed by atoms with Gasteiger partial charge in [0.25, 0.3) is 0 Å². The van der Waals surface area contributed by atoms with E-state index < -0.39 is 0 Å².